The van der Waals surface area contributed by atoms with Gasteiger partial charge >= 0.3 is 51.4 Å². The molecule has 0 aliphatic heterocycles. The van der Waals surface area contributed by atoms with Crippen LogP contribution >= 0.6 is 0 Å². The van der Waals surface area contributed by atoms with Crippen molar-refractivity contribution >= 4 is 16.9 Å². The monoisotopic (exact) mass is 316 g/mol. The van der Waals surface area contributed by atoms with E-state index in [0.717, 1.165) is 16.7 Å². The first-order chi connectivity index (χ1) is 10.1. The van der Waals surface area contributed by atoms with Crippen LogP contribution in [0.25, 0.3) is 22.2 Å². The van der Waals surface area contributed by atoms with Crippen molar-refractivity contribution in [3.8, 4) is 11.3 Å². The Labute approximate surface area is 171 Å². The van der Waals surface area contributed by atoms with Crippen LogP contribution in [0.4, 0.5) is 0 Å². The molecule has 0 unspecified atom stereocenters. The van der Waals surface area contributed by atoms with Gasteiger partial charge in [0.15, 0.2) is 0 Å². The van der Waals surface area contributed by atoms with E-state index in [1.165, 1.54) is 0 Å². The largest absolute Gasteiger partial charge is 1.00 e. The second kappa shape index (κ2) is 6.98. The molecule has 0 radical (unpaired) electrons. The fourth-order valence-corrected chi connectivity index (χ4v) is 2.36. The van der Waals surface area contributed by atoms with Gasteiger partial charge in [-0.1, -0.05) is 12.1 Å². The Morgan fingerprint density at radius 1 is 1.18 bits per heavy atom. The number of fused-ring (bicyclic) bond motifs is 1. The summed E-state index contributed by atoms with van der Waals surface area (Å²) in [6, 6.07) is 8.87. The van der Waals surface area contributed by atoms with E-state index in [2.05, 4.69) is 9.97 Å². The minimum atomic E-state index is -1.20. The summed E-state index contributed by atoms with van der Waals surface area (Å²) >= 11 is 0. The van der Waals surface area contributed by atoms with E-state index < -0.39 is 5.97 Å². The minimum Gasteiger partial charge on any atom is -0.545 e. The number of pyridine rings is 2. The van der Waals surface area contributed by atoms with Gasteiger partial charge < -0.3 is 9.90 Å². The fourth-order valence-electron chi connectivity index (χ4n) is 2.36. The molecule has 0 aliphatic carbocycles. The molecule has 0 bridgehead atoms. The fraction of sp³-hybridized carbons (Fsp3) is 0.118. The first-order valence-corrected chi connectivity index (χ1v) is 6.60. The molecule has 0 atom stereocenters. The maximum atomic E-state index is 11.4. The third kappa shape index (κ3) is 3.14. The minimum absolute atomic E-state index is 0. The van der Waals surface area contributed by atoms with E-state index >= 15 is 0 Å². The molecule has 5 heteroatoms. The van der Waals surface area contributed by atoms with E-state index in [4.69, 9.17) is 0 Å². The van der Waals surface area contributed by atoms with Gasteiger partial charge in [-0.25, -0.2) is 4.98 Å². The van der Waals surface area contributed by atoms with Crippen LogP contribution in [0.15, 0.2) is 42.7 Å². The van der Waals surface area contributed by atoms with E-state index in [-0.39, 0.29) is 56.9 Å². The predicted molar refractivity (Wildman–Crippen MR) is 78.8 cm³/mol. The summed E-state index contributed by atoms with van der Waals surface area (Å²) in [6.07, 6.45) is 3.33. The molecule has 0 fully saturated rings. The Kier molecular flexibility index (Phi) is 5.47. The predicted octanol–water partition coefficient (Wildman–Crippen LogP) is -0.719. The molecular formula is C17H13KN2O2. The Bertz CT molecular complexity index is 848. The van der Waals surface area contributed by atoms with Crippen molar-refractivity contribution in [3.05, 3.63) is 59.4 Å². The van der Waals surface area contributed by atoms with E-state index in [1.807, 2.05) is 26.0 Å². The number of aryl methyl sites for hydroxylation is 2. The third-order valence-corrected chi connectivity index (χ3v) is 3.68. The normalized spacial score (nSPS) is 10.3. The van der Waals surface area contributed by atoms with Gasteiger partial charge in [0.2, 0.25) is 0 Å². The number of aromatic nitrogens is 2. The molecule has 4 nitrogen and oxygen atoms in total. The third-order valence-electron chi connectivity index (χ3n) is 3.68. The number of hydrogen-bond acceptors (Lipinski definition) is 4. The van der Waals surface area contributed by atoms with E-state index in [0.29, 0.717) is 16.6 Å². The van der Waals surface area contributed by atoms with E-state index in [9.17, 15) is 9.90 Å². The molecule has 1 aromatic carbocycles. The van der Waals surface area contributed by atoms with Gasteiger partial charge in [0.25, 0.3) is 0 Å². The van der Waals surface area contributed by atoms with Gasteiger partial charge in [0.1, 0.15) is 0 Å². The van der Waals surface area contributed by atoms with Crippen molar-refractivity contribution in [2.45, 2.75) is 13.8 Å². The summed E-state index contributed by atoms with van der Waals surface area (Å²) in [4.78, 5) is 20.1. The number of carbonyl (C=O) groups excluding carboxylic acids is 1. The van der Waals surface area contributed by atoms with Crippen LogP contribution in [-0.4, -0.2) is 15.9 Å². The molecule has 104 valence electrons. The molecule has 0 N–H and O–H groups in total. The smallest absolute Gasteiger partial charge is 0.545 e. The average Bonchev–Trinajstić information content (AvgIpc) is 2.51. The van der Waals surface area contributed by atoms with Gasteiger partial charge in [-0.2, -0.15) is 0 Å². The van der Waals surface area contributed by atoms with Crippen LogP contribution in [0.2, 0.25) is 0 Å². The summed E-state index contributed by atoms with van der Waals surface area (Å²) in [5.41, 5.74) is 4.26. The van der Waals surface area contributed by atoms with Crippen LogP contribution in [0.3, 0.4) is 0 Å². The van der Waals surface area contributed by atoms with Crippen molar-refractivity contribution in [3.63, 3.8) is 0 Å². The molecule has 0 aliphatic rings. The summed E-state index contributed by atoms with van der Waals surface area (Å²) in [6.45, 7) is 3.92. The van der Waals surface area contributed by atoms with Crippen molar-refractivity contribution in [1.29, 1.82) is 0 Å². The van der Waals surface area contributed by atoms with Crippen LogP contribution in [0.5, 0.6) is 0 Å². The standard InChI is InChI=1S/C17H14N2O2.K/c1-10-5-6-13-14(17(20)21)8-15(19-16(13)11(10)2)12-4-3-7-18-9-12;/h3-9H,1-2H3,(H,20,21);/q;+1/p-1. The first-order valence-electron chi connectivity index (χ1n) is 6.60. The maximum Gasteiger partial charge on any atom is 1.00 e. The van der Waals surface area contributed by atoms with Crippen molar-refractivity contribution in [2.75, 3.05) is 0 Å². The second-order valence-corrected chi connectivity index (χ2v) is 4.99. The number of carboxylic acid groups (broad SMARTS) is 1. The van der Waals surface area contributed by atoms with Crippen LogP contribution in [0, 0.1) is 13.8 Å². The molecule has 0 saturated carbocycles. The molecule has 22 heavy (non-hydrogen) atoms. The Morgan fingerprint density at radius 3 is 2.59 bits per heavy atom. The molecule has 3 rings (SSSR count). The van der Waals surface area contributed by atoms with Crippen molar-refractivity contribution in [2.24, 2.45) is 0 Å². The number of carbonyl (C=O) groups is 1. The molecule has 0 spiro atoms. The maximum absolute atomic E-state index is 11.4. The summed E-state index contributed by atoms with van der Waals surface area (Å²) in [5.74, 6) is -1.20. The number of aromatic carboxylic acids is 1. The number of carboxylic acids is 1. The number of hydrogen-bond donors (Lipinski definition) is 0. The molecular weight excluding hydrogens is 303 g/mol. The molecule has 2 heterocycles. The average molecular weight is 316 g/mol. The topological polar surface area (TPSA) is 65.9 Å². The van der Waals surface area contributed by atoms with Crippen LogP contribution in [0.1, 0.15) is 21.5 Å². The van der Waals surface area contributed by atoms with Gasteiger partial charge in [-0.05, 0) is 43.2 Å². The zero-order valence-electron chi connectivity index (χ0n) is 12.8. The van der Waals surface area contributed by atoms with Gasteiger partial charge in [0.05, 0.1) is 17.2 Å². The summed E-state index contributed by atoms with van der Waals surface area (Å²) in [5, 5.41) is 12.0. The van der Waals surface area contributed by atoms with Gasteiger partial charge in [-0.15, -0.1) is 0 Å². The number of nitrogens with zero attached hydrogens (tertiary/aromatic N) is 2. The molecule has 3 aromatic rings. The molecule has 0 amide bonds. The quantitative estimate of drug-likeness (QED) is 0.585. The Hall–Kier alpha value is -1.11. The number of benzene rings is 1. The Morgan fingerprint density at radius 2 is 1.95 bits per heavy atom. The molecule has 2 aromatic heterocycles. The van der Waals surface area contributed by atoms with Gasteiger partial charge in [0, 0.05) is 28.9 Å². The Balaban J connectivity index is 0.00000176. The summed E-state index contributed by atoms with van der Waals surface area (Å²) in [7, 11) is 0. The van der Waals surface area contributed by atoms with Crippen LogP contribution < -0.4 is 56.5 Å². The van der Waals surface area contributed by atoms with Gasteiger partial charge in [-0.3, -0.25) is 4.98 Å². The van der Waals surface area contributed by atoms with Crippen molar-refractivity contribution < 1.29 is 61.3 Å². The summed E-state index contributed by atoms with van der Waals surface area (Å²) < 4.78 is 0. The first kappa shape index (κ1) is 17.2. The van der Waals surface area contributed by atoms with Crippen molar-refractivity contribution in [1.82, 2.24) is 9.97 Å². The zero-order chi connectivity index (χ0) is 15.0. The molecule has 0 saturated heterocycles. The second-order valence-electron chi connectivity index (χ2n) is 4.99. The SMILES string of the molecule is Cc1ccc2c(C(=O)[O-])cc(-c3cccnc3)nc2c1C.[K+]. The van der Waals surface area contributed by atoms with E-state index in [1.54, 1.807) is 30.6 Å². The number of rotatable bonds is 2. The van der Waals surface area contributed by atoms with Crippen LogP contribution in [-0.2, 0) is 0 Å². The zero-order valence-corrected chi connectivity index (χ0v) is 15.9.